The molecule has 0 aliphatic rings. The van der Waals surface area contributed by atoms with Crippen molar-refractivity contribution >= 4 is 17.9 Å². The van der Waals surface area contributed by atoms with Gasteiger partial charge in [0.15, 0.2) is 0 Å². The Balaban J connectivity index is 4.74. The molecule has 7 heteroatoms. The van der Waals surface area contributed by atoms with Crippen LogP contribution in [0.2, 0.25) is 0 Å². The average Bonchev–Trinajstić information content (AvgIpc) is 2.94. The van der Waals surface area contributed by atoms with Gasteiger partial charge >= 0.3 is 11.9 Å². The third-order valence-corrected chi connectivity index (χ3v) is 8.82. The zero-order valence-electron chi connectivity index (χ0n) is 26.9. The lowest BCUT2D eigenvalue weighted by molar-refractivity contribution is -0.935. The minimum Gasteiger partial charge on any atom is -0.550 e. The first kappa shape index (κ1) is 39.1. The van der Waals surface area contributed by atoms with Crippen LogP contribution in [0, 0.1) is 17.8 Å². The lowest BCUT2D eigenvalue weighted by Crippen LogP contribution is -2.59. The Labute approximate surface area is 251 Å². The fraction of sp³-hybridized carbons (Fsp3) is 0.853. The Hall–Kier alpha value is -1.89. The lowest BCUT2D eigenvalue weighted by Gasteiger charge is -2.44. The van der Waals surface area contributed by atoms with Crippen molar-refractivity contribution < 1.29 is 34.2 Å². The van der Waals surface area contributed by atoms with Gasteiger partial charge in [-0.15, -0.1) is 0 Å². The Kier molecular flexibility index (Phi) is 23.5. The number of carboxylic acid groups (broad SMARTS) is 3. The predicted molar refractivity (Wildman–Crippen MR) is 165 cm³/mol. The number of nitrogens with zero attached hydrogens (tertiary/aromatic N) is 1. The van der Waals surface area contributed by atoms with Crippen LogP contribution in [0.3, 0.4) is 0 Å². The van der Waals surface area contributed by atoms with Gasteiger partial charge in [-0.2, -0.15) is 0 Å². The Morgan fingerprint density at radius 1 is 0.610 bits per heavy atom. The maximum atomic E-state index is 12.0. The molecule has 240 valence electrons. The van der Waals surface area contributed by atoms with E-state index in [1.807, 2.05) is 13.8 Å². The van der Waals surface area contributed by atoms with Crippen molar-refractivity contribution in [2.24, 2.45) is 17.8 Å². The molecule has 41 heavy (non-hydrogen) atoms. The number of hydrogen-bond donors (Lipinski definition) is 2. The van der Waals surface area contributed by atoms with Crippen LogP contribution in [-0.4, -0.2) is 58.8 Å². The molecule has 0 radical (unpaired) electrons. The van der Waals surface area contributed by atoms with Gasteiger partial charge in [-0.1, -0.05) is 104 Å². The molecule has 0 rings (SSSR count). The first-order chi connectivity index (χ1) is 19.7. The summed E-state index contributed by atoms with van der Waals surface area (Å²) in [5, 5.41) is 31.5. The Morgan fingerprint density at radius 3 is 1.27 bits per heavy atom. The van der Waals surface area contributed by atoms with Gasteiger partial charge in [-0.25, -0.2) is 0 Å². The molecule has 0 bridgehead atoms. The number of unbranched alkanes of at least 4 members (excludes halogenated alkanes) is 14. The molecular weight excluding hydrogens is 518 g/mol. The van der Waals surface area contributed by atoms with Crippen LogP contribution in [0.1, 0.15) is 143 Å². The molecule has 0 aliphatic heterocycles. The number of allylic oxidation sites excluding steroid dienone is 2. The van der Waals surface area contributed by atoms with Gasteiger partial charge in [0, 0.05) is 5.92 Å². The van der Waals surface area contributed by atoms with Crippen molar-refractivity contribution in [1.82, 2.24) is 0 Å². The van der Waals surface area contributed by atoms with Crippen molar-refractivity contribution in [2.45, 2.75) is 143 Å². The van der Waals surface area contributed by atoms with Crippen LogP contribution >= 0.6 is 0 Å². The fourth-order valence-corrected chi connectivity index (χ4v) is 6.03. The second kappa shape index (κ2) is 24.7. The molecule has 0 fully saturated rings. The highest BCUT2D eigenvalue weighted by molar-refractivity contribution is 5.70. The predicted octanol–water partition coefficient (Wildman–Crippen LogP) is 7.23. The number of quaternary nitrogens is 1. The lowest BCUT2D eigenvalue weighted by atomic mass is 9.95. The summed E-state index contributed by atoms with van der Waals surface area (Å²) in [7, 11) is 0. The Morgan fingerprint density at radius 2 is 0.951 bits per heavy atom. The van der Waals surface area contributed by atoms with Gasteiger partial charge in [0.1, 0.15) is 11.8 Å². The van der Waals surface area contributed by atoms with Crippen LogP contribution in [-0.2, 0) is 14.4 Å². The van der Waals surface area contributed by atoms with Gasteiger partial charge < -0.3 is 24.6 Å². The maximum Gasteiger partial charge on any atom is 0.312 e. The number of aliphatic carboxylic acids is 3. The van der Waals surface area contributed by atoms with Crippen molar-refractivity contribution in [3.8, 4) is 0 Å². The molecule has 3 unspecified atom stereocenters. The molecule has 0 aromatic rings. The average molecular weight is 582 g/mol. The number of carbonyl (C=O) groups excluding carboxylic acids is 1. The Bertz CT molecular complexity index is 662. The highest BCUT2D eigenvalue weighted by atomic mass is 16.4. The monoisotopic (exact) mass is 581 g/mol. The highest BCUT2D eigenvalue weighted by Crippen LogP contribution is 2.25. The van der Waals surface area contributed by atoms with Crippen molar-refractivity contribution in [3.63, 3.8) is 0 Å². The first-order valence-electron chi connectivity index (χ1n) is 16.8. The number of rotatable bonds is 29. The summed E-state index contributed by atoms with van der Waals surface area (Å²) in [6.07, 6.45) is 24.1. The van der Waals surface area contributed by atoms with Crippen LogP contribution in [0.25, 0.3) is 0 Å². The van der Waals surface area contributed by atoms with Crippen molar-refractivity contribution in [1.29, 1.82) is 0 Å². The SMILES string of the molecule is C/C=C/CCCCCCCCCCCCCCCC[N+](CC(CC)C(=O)[O-])(CC(CC)C(=O)O)CC(CC)C(=O)O. The van der Waals surface area contributed by atoms with Gasteiger partial charge in [0.2, 0.25) is 0 Å². The molecule has 0 aromatic carbocycles. The largest absolute Gasteiger partial charge is 0.550 e. The van der Waals surface area contributed by atoms with E-state index in [2.05, 4.69) is 19.1 Å². The van der Waals surface area contributed by atoms with Crippen molar-refractivity contribution in [3.05, 3.63) is 12.2 Å². The summed E-state index contributed by atoms with van der Waals surface area (Å²) in [4.78, 5) is 35.8. The van der Waals surface area contributed by atoms with Crippen molar-refractivity contribution in [2.75, 3.05) is 26.2 Å². The summed E-state index contributed by atoms with van der Waals surface area (Å²) < 4.78 is 0.220. The molecule has 0 aromatic heterocycles. The molecule has 0 saturated carbocycles. The van der Waals surface area contributed by atoms with E-state index >= 15 is 0 Å². The number of carbonyl (C=O) groups is 3. The van der Waals surface area contributed by atoms with Crippen LogP contribution < -0.4 is 5.11 Å². The van der Waals surface area contributed by atoms with E-state index in [1.165, 1.54) is 77.0 Å². The third-order valence-electron chi connectivity index (χ3n) is 8.82. The summed E-state index contributed by atoms with van der Waals surface area (Å²) in [5.74, 6) is -4.94. The van der Waals surface area contributed by atoms with E-state index < -0.39 is 35.7 Å². The zero-order valence-corrected chi connectivity index (χ0v) is 26.9. The third kappa shape index (κ3) is 19.0. The molecule has 2 N–H and O–H groups in total. The van der Waals surface area contributed by atoms with Gasteiger partial charge in [0.05, 0.1) is 32.1 Å². The summed E-state index contributed by atoms with van der Waals surface area (Å²) in [5.41, 5.74) is 0. The maximum absolute atomic E-state index is 12.0. The van der Waals surface area contributed by atoms with Crippen LogP contribution in [0.4, 0.5) is 0 Å². The van der Waals surface area contributed by atoms with Gasteiger partial charge in [-0.3, -0.25) is 9.59 Å². The number of hydrogen-bond acceptors (Lipinski definition) is 4. The van der Waals surface area contributed by atoms with Gasteiger partial charge in [-0.05, 0) is 51.9 Å². The van der Waals surface area contributed by atoms with Gasteiger partial charge in [0.25, 0.3) is 0 Å². The van der Waals surface area contributed by atoms with Crippen LogP contribution in [0.15, 0.2) is 12.2 Å². The molecule has 7 nitrogen and oxygen atoms in total. The molecule has 0 saturated heterocycles. The normalized spacial score (nSPS) is 15.4. The minimum atomic E-state index is -1.14. The molecular formula is C34H63NO6. The molecule has 0 spiro atoms. The molecule has 3 atom stereocenters. The second-order valence-corrected chi connectivity index (χ2v) is 12.2. The second-order valence-electron chi connectivity index (χ2n) is 12.2. The standard InChI is InChI=1S/C34H63NO6/c1-5-9-10-11-12-13-14-15-16-17-18-19-20-21-22-23-24-25-35(26-29(6-2)32(36)37,27-30(7-3)33(38)39)28-31(8-4)34(40)41/h5,9,29-31H,6-8,10-28H2,1-4H3,(H2-,36,37,38,39,40,41)/b9-5+. The smallest absolute Gasteiger partial charge is 0.312 e. The van der Waals surface area contributed by atoms with E-state index in [-0.39, 0.29) is 24.1 Å². The van der Waals surface area contributed by atoms with Crippen LogP contribution in [0.5, 0.6) is 0 Å². The highest BCUT2D eigenvalue weighted by Gasteiger charge is 2.39. The molecule has 0 heterocycles. The quantitative estimate of drug-likeness (QED) is 0.0547. The topological polar surface area (TPSA) is 115 Å². The van der Waals surface area contributed by atoms with E-state index in [9.17, 15) is 29.7 Å². The molecule has 0 aliphatic carbocycles. The summed E-state index contributed by atoms with van der Waals surface area (Å²) >= 11 is 0. The van der Waals surface area contributed by atoms with E-state index in [4.69, 9.17) is 0 Å². The minimum absolute atomic E-state index is 0.220. The van der Waals surface area contributed by atoms with E-state index in [1.54, 1.807) is 6.92 Å². The van der Waals surface area contributed by atoms with E-state index in [0.717, 1.165) is 19.3 Å². The number of carboxylic acids is 3. The summed E-state index contributed by atoms with van der Waals surface area (Å²) in [6.45, 7) is 8.88. The molecule has 0 amide bonds. The van der Waals surface area contributed by atoms with E-state index in [0.29, 0.717) is 25.8 Å². The zero-order chi connectivity index (χ0) is 30.9. The summed E-state index contributed by atoms with van der Waals surface area (Å²) in [6, 6.07) is 0. The first-order valence-corrected chi connectivity index (χ1v) is 16.8. The fourth-order valence-electron chi connectivity index (χ4n) is 6.03.